The molecule has 0 saturated heterocycles. The second-order valence-electron chi connectivity index (χ2n) is 10.7. The first kappa shape index (κ1) is 32.6. The van der Waals surface area contributed by atoms with Gasteiger partial charge in [-0.3, -0.25) is 4.55 Å². The SMILES string of the molecule is O=S(=O)(O)c1ccccc1C(c1ccc(N(CCCCl)c2ccccc2)cc1)c1ccc(N(CCCCl)c2ccccc2)cc1. The number of halogens is 2. The lowest BCUT2D eigenvalue weighted by atomic mass is 9.85. The van der Waals surface area contributed by atoms with Crippen LogP contribution in [0.5, 0.6) is 0 Å². The molecule has 5 rings (SSSR count). The zero-order valence-electron chi connectivity index (χ0n) is 24.8. The molecule has 0 atom stereocenters. The fourth-order valence-corrected chi connectivity index (χ4v) is 6.64. The van der Waals surface area contributed by atoms with E-state index in [1.807, 2.05) is 60.7 Å². The van der Waals surface area contributed by atoms with Crippen molar-refractivity contribution >= 4 is 56.1 Å². The summed E-state index contributed by atoms with van der Waals surface area (Å²) in [5.74, 6) is 0.658. The Hall–Kier alpha value is -3.81. The summed E-state index contributed by atoms with van der Waals surface area (Å²) in [6.07, 6.45) is 1.64. The van der Waals surface area contributed by atoms with Gasteiger partial charge in [0.05, 0.1) is 4.90 Å². The summed E-state index contributed by atoms with van der Waals surface area (Å²) in [6, 6.07) is 43.3. The Morgan fingerprint density at radius 1 is 0.533 bits per heavy atom. The maximum Gasteiger partial charge on any atom is 0.294 e. The molecule has 0 radical (unpaired) electrons. The van der Waals surface area contributed by atoms with Gasteiger partial charge in [-0.15, -0.1) is 23.2 Å². The van der Waals surface area contributed by atoms with Gasteiger partial charge in [-0.05, 0) is 84.1 Å². The van der Waals surface area contributed by atoms with Crippen LogP contribution in [-0.2, 0) is 10.1 Å². The van der Waals surface area contributed by atoms with Gasteiger partial charge in [0.2, 0.25) is 0 Å². The molecule has 5 nitrogen and oxygen atoms in total. The van der Waals surface area contributed by atoms with Gasteiger partial charge in [0, 0.05) is 53.5 Å². The maximum atomic E-state index is 12.5. The minimum atomic E-state index is -4.47. The Balaban J connectivity index is 1.57. The third kappa shape index (κ3) is 8.08. The van der Waals surface area contributed by atoms with Crippen LogP contribution in [0.4, 0.5) is 22.7 Å². The molecule has 0 aromatic heterocycles. The predicted octanol–water partition coefficient (Wildman–Crippen LogP) is 9.65. The Morgan fingerprint density at radius 3 is 1.31 bits per heavy atom. The van der Waals surface area contributed by atoms with Crippen molar-refractivity contribution in [1.29, 1.82) is 0 Å². The molecule has 0 fully saturated rings. The van der Waals surface area contributed by atoms with Gasteiger partial charge in [-0.2, -0.15) is 8.42 Å². The first-order chi connectivity index (χ1) is 21.9. The van der Waals surface area contributed by atoms with Crippen molar-refractivity contribution in [3.8, 4) is 0 Å². The summed E-state index contributed by atoms with van der Waals surface area (Å²) in [4.78, 5) is 4.34. The van der Waals surface area contributed by atoms with Gasteiger partial charge in [-0.1, -0.05) is 78.9 Å². The van der Waals surface area contributed by atoms with E-state index in [1.54, 1.807) is 18.2 Å². The van der Waals surface area contributed by atoms with E-state index >= 15 is 0 Å². The summed E-state index contributed by atoms with van der Waals surface area (Å²) < 4.78 is 35.3. The van der Waals surface area contributed by atoms with E-state index in [-0.39, 0.29) is 4.90 Å². The molecule has 0 heterocycles. The van der Waals surface area contributed by atoms with Gasteiger partial charge in [-0.25, -0.2) is 0 Å². The van der Waals surface area contributed by atoms with E-state index in [9.17, 15) is 13.0 Å². The van der Waals surface area contributed by atoms with E-state index in [0.717, 1.165) is 59.8 Å². The van der Waals surface area contributed by atoms with Gasteiger partial charge in [0.15, 0.2) is 0 Å². The first-order valence-corrected chi connectivity index (χ1v) is 17.4. The number of hydrogen-bond donors (Lipinski definition) is 1. The van der Waals surface area contributed by atoms with Crippen LogP contribution >= 0.6 is 23.2 Å². The number of hydrogen-bond acceptors (Lipinski definition) is 4. The third-order valence-corrected chi connectivity index (χ3v) is 9.21. The van der Waals surface area contributed by atoms with Crippen molar-refractivity contribution in [2.75, 3.05) is 34.6 Å². The summed E-state index contributed by atoms with van der Waals surface area (Å²) in [6.45, 7) is 1.51. The van der Waals surface area contributed by atoms with Crippen LogP contribution < -0.4 is 9.80 Å². The highest BCUT2D eigenvalue weighted by Crippen LogP contribution is 2.38. The fraction of sp³-hybridized carbons (Fsp3) is 0.189. The third-order valence-electron chi connectivity index (χ3n) is 7.75. The number of alkyl halides is 2. The van der Waals surface area contributed by atoms with Crippen LogP contribution in [-0.4, -0.2) is 37.8 Å². The molecule has 0 bridgehead atoms. The number of benzene rings is 5. The Bertz CT molecular complexity index is 1660. The molecule has 0 saturated carbocycles. The molecular weight excluding hydrogens is 623 g/mol. The van der Waals surface area contributed by atoms with Crippen molar-refractivity contribution in [3.63, 3.8) is 0 Å². The van der Waals surface area contributed by atoms with Crippen molar-refractivity contribution in [1.82, 2.24) is 0 Å². The van der Waals surface area contributed by atoms with Crippen LogP contribution in [0, 0.1) is 0 Å². The molecule has 1 N–H and O–H groups in total. The van der Waals surface area contributed by atoms with E-state index in [2.05, 4.69) is 58.3 Å². The first-order valence-electron chi connectivity index (χ1n) is 14.9. The molecule has 45 heavy (non-hydrogen) atoms. The molecule has 0 unspecified atom stereocenters. The Labute approximate surface area is 276 Å². The smallest absolute Gasteiger partial charge is 0.294 e. The van der Waals surface area contributed by atoms with Crippen molar-refractivity contribution in [2.45, 2.75) is 23.7 Å². The normalized spacial score (nSPS) is 11.5. The van der Waals surface area contributed by atoms with Crippen LogP contribution in [0.3, 0.4) is 0 Å². The quantitative estimate of drug-likeness (QED) is 0.0731. The Morgan fingerprint density at radius 2 is 0.911 bits per heavy atom. The number of anilines is 4. The fourth-order valence-electron chi connectivity index (χ4n) is 5.67. The van der Waals surface area contributed by atoms with Crippen molar-refractivity contribution in [2.24, 2.45) is 0 Å². The lowest BCUT2D eigenvalue weighted by Crippen LogP contribution is -2.19. The number of para-hydroxylation sites is 2. The van der Waals surface area contributed by atoms with Crippen LogP contribution in [0.2, 0.25) is 0 Å². The lowest BCUT2D eigenvalue weighted by molar-refractivity contribution is 0.482. The molecule has 0 aliphatic rings. The highest BCUT2D eigenvalue weighted by Gasteiger charge is 2.25. The van der Waals surface area contributed by atoms with Crippen LogP contribution in [0.25, 0.3) is 0 Å². The van der Waals surface area contributed by atoms with Crippen LogP contribution in [0.15, 0.2) is 138 Å². The summed E-state index contributed by atoms with van der Waals surface area (Å²) >= 11 is 12.1. The molecule has 0 aliphatic carbocycles. The summed E-state index contributed by atoms with van der Waals surface area (Å²) in [5.41, 5.74) is 6.44. The topological polar surface area (TPSA) is 60.9 Å². The highest BCUT2D eigenvalue weighted by molar-refractivity contribution is 7.85. The minimum Gasteiger partial charge on any atom is -0.341 e. The highest BCUT2D eigenvalue weighted by atomic mass is 35.5. The van der Waals surface area contributed by atoms with Crippen molar-refractivity contribution in [3.05, 3.63) is 150 Å². The number of nitrogens with zero attached hydrogens (tertiary/aromatic N) is 2. The predicted molar refractivity (Wildman–Crippen MR) is 188 cm³/mol. The molecule has 5 aromatic rings. The van der Waals surface area contributed by atoms with Gasteiger partial charge in [0.25, 0.3) is 10.1 Å². The number of rotatable bonds is 14. The van der Waals surface area contributed by atoms with Gasteiger partial charge >= 0.3 is 0 Å². The molecule has 5 aromatic carbocycles. The molecule has 8 heteroatoms. The zero-order chi connectivity index (χ0) is 31.6. The molecule has 0 amide bonds. The van der Waals surface area contributed by atoms with Gasteiger partial charge in [0.1, 0.15) is 0 Å². The summed E-state index contributed by atoms with van der Waals surface area (Å²) in [7, 11) is -4.47. The Kier molecular flexibility index (Phi) is 11.2. The van der Waals surface area contributed by atoms with Crippen LogP contribution in [0.1, 0.15) is 35.4 Å². The average molecular weight is 660 g/mol. The van der Waals surface area contributed by atoms with Gasteiger partial charge < -0.3 is 9.80 Å². The second kappa shape index (κ2) is 15.5. The molecule has 0 spiro atoms. The average Bonchev–Trinajstić information content (AvgIpc) is 3.07. The molecule has 232 valence electrons. The molecular formula is C37H36Cl2N2O3S. The van der Waals surface area contributed by atoms with E-state index in [1.165, 1.54) is 6.07 Å². The second-order valence-corrected chi connectivity index (χ2v) is 12.8. The lowest BCUT2D eigenvalue weighted by Gasteiger charge is -2.27. The van der Waals surface area contributed by atoms with E-state index < -0.39 is 16.0 Å². The minimum absolute atomic E-state index is 0.107. The molecule has 0 aliphatic heterocycles. The standard InChI is InChI=1S/C37H36Cl2N2O3S/c38-25-9-27-40(31-11-3-1-4-12-31)33-21-17-29(18-22-33)37(35-15-7-8-16-36(35)45(42,43)44)30-19-23-34(24-20-30)41(28-10-26-39)32-13-5-2-6-14-32/h1-8,11-24,37H,9-10,25-28H2,(H,42,43,44). The summed E-state index contributed by atoms with van der Waals surface area (Å²) in [5, 5.41) is 0. The van der Waals surface area contributed by atoms with E-state index in [4.69, 9.17) is 23.2 Å². The largest absolute Gasteiger partial charge is 0.341 e. The van der Waals surface area contributed by atoms with Crippen molar-refractivity contribution < 1.29 is 13.0 Å². The van der Waals surface area contributed by atoms with E-state index in [0.29, 0.717) is 17.3 Å². The zero-order valence-corrected chi connectivity index (χ0v) is 27.2. The maximum absolute atomic E-state index is 12.5. The monoisotopic (exact) mass is 658 g/mol.